The van der Waals surface area contributed by atoms with E-state index in [1.807, 2.05) is 12.2 Å². The fourth-order valence-corrected chi connectivity index (χ4v) is 4.07. The molecule has 0 radical (unpaired) electrons. The minimum Gasteiger partial charge on any atom is -0.398 e. The number of sulfonamides is 1. The fourth-order valence-electron chi connectivity index (χ4n) is 2.21. The summed E-state index contributed by atoms with van der Waals surface area (Å²) in [6, 6.07) is 3.51. The van der Waals surface area contributed by atoms with E-state index in [2.05, 4.69) is 0 Å². The first kappa shape index (κ1) is 13.1. The van der Waals surface area contributed by atoms with E-state index >= 15 is 0 Å². The normalized spacial score (nSPS) is 17.0. The van der Waals surface area contributed by atoms with Gasteiger partial charge in [0.2, 0.25) is 10.0 Å². The largest absolute Gasteiger partial charge is 0.398 e. The molecule has 1 aliphatic heterocycles. The molecule has 2 rings (SSSR count). The average molecular weight is 266 g/mol. The zero-order valence-electron chi connectivity index (χ0n) is 10.7. The minimum atomic E-state index is -3.44. The minimum absolute atomic E-state index is 0.359. The van der Waals surface area contributed by atoms with Crippen LogP contribution in [-0.4, -0.2) is 25.8 Å². The summed E-state index contributed by atoms with van der Waals surface area (Å²) in [5, 5.41) is 0. The van der Waals surface area contributed by atoms with Crippen LogP contribution >= 0.6 is 0 Å². The summed E-state index contributed by atoms with van der Waals surface area (Å²) in [4.78, 5) is 0.359. The van der Waals surface area contributed by atoms with E-state index in [1.54, 1.807) is 26.0 Å². The Hall–Kier alpha value is -1.33. The highest BCUT2D eigenvalue weighted by Crippen LogP contribution is 2.28. The smallest absolute Gasteiger partial charge is 0.243 e. The lowest BCUT2D eigenvalue weighted by atomic mass is 10.1. The number of benzene rings is 1. The molecule has 1 aliphatic rings. The summed E-state index contributed by atoms with van der Waals surface area (Å²) in [6.07, 6.45) is 4.66. The molecule has 0 saturated heterocycles. The van der Waals surface area contributed by atoms with Gasteiger partial charge >= 0.3 is 0 Å². The molecule has 1 heterocycles. The molecule has 98 valence electrons. The number of nitrogens with zero attached hydrogens (tertiary/aromatic N) is 1. The van der Waals surface area contributed by atoms with Crippen molar-refractivity contribution in [1.29, 1.82) is 0 Å². The number of nitrogen functional groups attached to an aromatic ring is 1. The second-order valence-electron chi connectivity index (χ2n) is 4.55. The third-order valence-corrected chi connectivity index (χ3v) is 5.42. The van der Waals surface area contributed by atoms with Crippen LogP contribution in [0.1, 0.15) is 17.5 Å². The Balaban J connectivity index is 2.54. The molecular weight excluding hydrogens is 248 g/mol. The molecule has 1 aromatic rings. The highest BCUT2D eigenvalue weighted by atomic mass is 32.2. The lowest BCUT2D eigenvalue weighted by Crippen LogP contribution is -2.34. The second-order valence-corrected chi connectivity index (χ2v) is 6.42. The number of hydrogen-bond acceptors (Lipinski definition) is 3. The first-order valence-corrected chi connectivity index (χ1v) is 7.39. The second kappa shape index (κ2) is 4.74. The van der Waals surface area contributed by atoms with Crippen molar-refractivity contribution in [2.75, 3.05) is 18.8 Å². The average Bonchev–Trinajstić information content (AvgIpc) is 2.35. The Morgan fingerprint density at radius 3 is 2.56 bits per heavy atom. The van der Waals surface area contributed by atoms with E-state index < -0.39 is 10.0 Å². The predicted octanol–water partition coefficient (Wildman–Crippen LogP) is 1.84. The van der Waals surface area contributed by atoms with Gasteiger partial charge in [-0.1, -0.05) is 18.2 Å². The number of nitrogens with two attached hydrogens (primary N) is 1. The lowest BCUT2D eigenvalue weighted by molar-refractivity contribution is 0.437. The third kappa shape index (κ3) is 2.15. The molecule has 5 heteroatoms. The van der Waals surface area contributed by atoms with Crippen LogP contribution in [0.3, 0.4) is 0 Å². The summed E-state index contributed by atoms with van der Waals surface area (Å²) in [5.41, 5.74) is 7.73. The highest BCUT2D eigenvalue weighted by molar-refractivity contribution is 7.89. The highest BCUT2D eigenvalue weighted by Gasteiger charge is 2.28. The van der Waals surface area contributed by atoms with Gasteiger partial charge in [0, 0.05) is 18.8 Å². The Kier molecular flexibility index (Phi) is 3.45. The summed E-state index contributed by atoms with van der Waals surface area (Å²) < 4.78 is 26.7. The number of anilines is 1. The molecule has 0 saturated carbocycles. The van der Waals surface area contributed by atoms with E-state index in [0.717, 1.165) is 12.0 Å². The van der Waals surface area contributed by atoms with E-state index in [0.29, 0.717) is 29.2 Å². The molecule has 0 atom stereocenters. The van der Waals surface area contributed by atoms with E-state index in [9.17, 15) is 8.42 Å². The fraction of sp³-hybridized carbons (Fsp3) is 0.385. The van der Waals surface area contributed by atoms with Gasteiger partial charge in [-0.05, 0) is 37.5 Å². The van der Waals surface area contributed by atoms with Gasteiger partial charge in [0.05, 0.1) is 4.90 Å². The monoisotopic (exact) mass is 266 g/mol. The lowest BCUT2D eigenvalue weighted by Gasteiger charge is -2.25. The van der Waals surface area contributed by atoms with E-state index in [-0.39, 0.29) is 0 Å². The van der Waals surface area contributed by atoms with Gasteiger partial charge < -0.3 is 5.73 Å². The molecule has 18 heavy (non-hydrogen) atoms. The van der Waals surface area contributed by atoms with E-state index in [4.69, 9.17) is 5.73 Å². The number of rotatable bonds is 2. The topological polar surface area (TPSA) is 63.4 Å². The maximum absolute atomic E-state index is 12.6. The molecular formula is C13H18N2O2S. The Bertz CT molecular complexity index is 591. The first-order valence-electron chi connectivity index (χ1n) is 5.95. The zero-order chi connectivity index (χ0) is 13.3. The summed E-state index contributed by atoms with van der Waals surface area (Å²) in [7, 11) is -3.44. The molecule has 4 nitrogen and oxygen atoms in total. The molecule has 0 spiro atoms. The zero-order valence-corrected chi connectivity index (χ0v) is 11.5. The van der Waals surface area contributed by atoms with Crippen molar-refractivity contribution in [3.63, 3.8) is 0 Å². The van der Waals surface area contributed by atoms with Crippen LogP contribution in [0.2, 0.25) is 0 Å². The van der Waals surface area contributed by atoms with Crippen LogP contribution in [-0.2, 0) is 10.0 Å². The van der Waals surface area contributed by atoms with Crippen molar-refractivity contribution < 1.29 is 8.42 Å². The summed E-state index contributed by atoms with van der Waals surface area (Å²) in [5.74, 6) is 0. The molecule has 0 amide bonds. The quantitative estimate of drug-likeness (QED) is 0.656. The van der Waals surface area contributed by atoms with Crippen LogP contribution in [0.5, 0.6) is 0 Å². The van der Waals surface area contributed by atoms with Crippen molar-refractivity contribution in [3.05, 3.63) is 35.4 Å². The van der Waals surface area contributed by atoms with E-state index in [1.165, 1.54) is 4.31 Å². The van der Waals surface area contributed by atoms with Gasteiger partial charge in [-0.2, -0.15) is 4.31 Å². The van der Waals surface area contributed by atoms with Crippen LogP contribution < -0.4 is 5.73 Å². The first-order chi connectivity index (χ1) is 8.44. The van der Waals surface area contributed by atoms with Crippen molar-refractivity contribution in [1.82, 2.24) is 4.31 Å². The van der Waals surface area contributed by atoms with Crippen molar-refractivity contribution in [2.24, 2.45) is 0 Å². The molecule has 0 unspecified atom stereocenters. The van der Waals surface area contributed by atoms with Gasteiger partial charge in [-0.3, -0.25) is 0 Å². The van der Waals surface area contributed by atoms with Crippen LogP contribution in [0.4, 0.5) is 5.69 Å². The summed E-state index contributed by atoms with van der Waals surface area (Å²) >= 11 is 0. The molecule has 0 fully saturated rings. The number of hydrogen-bond donors (Lipinski definition) is 1. The molecule has 0 aliphatic carbocycles. The van der Waals surface area contributed by atoms with Crippen molar-refractivity contribution >= 4 is 15.7 Å². The van der Waals surface area contributed by atoms with Gasteiger partial charge in [-0.25, -0.2) is 8.42 Å². The predicted molar refractivity (Wildman–Crippen MR) is 72.8 cm³/mol. The van der Waals surface area contributed by atoms with Gasteiger partial charge in [0.15, 0.2) is 0 Å². The molecule has 0 bridgehead atoms. The van der Waals surface area contributed by atoms with Gasteiger partial charge in [-0.15, -0.1) is 0 Å². The van der Waals surface area contributed by atoms with Crippen LogP contribution in [0, 0.1) is 13.8 Å². The molecule has 0 aromatic heterocycles. The summed E-state index contributed by atoms with van der Waals surface area (Å²) in [6.45, 7) is 4.54. The maximum atomic E-state index is 12.6. The standard InChI is InChI=1S/C13H18N2O2S/c1-10-6-7-12(14)11(2)13(10)18(16,17)15-8-4-3-5-9-15/h3-4,6-7H,5,8-9,14H2,1-2H3. The molecule has 2 N–H and O–H groups in total. The van der Waals surface area contributed by atoms with Crippen molar-refractivity contribution in [2.45, 2.75) is 25.2 Å². The van der Waals surface area contributed by atoms with Gasteiger partial charge in [0.1, 0.15) is 0 Å². The van der Waals surface area contributed by atoms with Crippen LogP contribution in [0.25, 0.3) is 0 Å². The van der Waals surface area contributed by atoms with Gasteiger partial charge in [0.25, 0.3) is 0 Å². The molecule has 1 aromatic carbocycles. The SMILES string of the molecule is Cc1ccc(N)c(C)c1S(=O)(=O)N1CC=CCC1. The Morgan fingerprint density at radius 2 is 1.94 bits per heavy atom. The van der Waals surface area contributed by atoms with Crippen LogP contribution in [0.15, 0.2) is 29.2 Å². The third-order valence-electron chi connectivity index (χ3n) is 3.26. The number of aryl methyl sites for hydroxylation is 1. The van der Waals surface area contributed by atoms with Crippen molar-refractivity contribution in [3.8, 4) is 0 Å². The Morgan fingerprint density at radius 1 is 1.22 bits per heavy atom. The Labute approximate surface area is 108 Å². The maximum Gasteiger partial charge on any atom is 0.243 e.